The van der Waals surface area contributed by atoms with Gasteiger partial charge in [0, 0.05) is 10.2 Å². The molecule has 2 N–H and O–H groups in total. The Kier molecular flexibility index (Phi) is 6.48. The zero-order valence-corrected chi connectivity index (χ0v) is 16.0. The number of anilines is 1. The Morgan fingerprint density at radius 3 is 2.50 bits per heavy atom. The molecule has 0 spiro atoms. The van der Waals surface area contributed by atoms with Gasteiger partial charge in [-0.1, -0.05) is 39.1 Å². The molecule has 5 nitrogen and oxygen atoms in total. The van der Waals surface area contributed by atoms with Crippen LogP contribution < -0.4 is 15.5 Å². The van der Waals surface area contributed by atoms with Gasteiger partial charge < -0.3 is 10.1 Å². The molecule has 0 heterocycles. The average molecular weight is 431 g/mol. The van der Waals surface area contributed by atoms with Gasteiger partial charge in [0.05, 0.1) is 23.4 Å². The van der Waals surface area contributed by atoms with Crippen LogP contribution in [0.15, 0.2) is 39.9 Å². The van der Waals surface area contributed by atoms with E-state index >= 15 is 0 Å². The Bertz CT molecular complexity index is 774. The maximum Gasteiger partial charge on any atom is 0.339 e. The maximum atomic E-state index is 11.8. The van der Waals surface area contributed by atoms with Crippen molar-refractivity contribution in [2.45, 2.75) is 6.92 Å². The van der Waals surface area contributed by atoms with Gasteiger partial charge >= 0.3 is 6.03 Å². The van der Waals surface area contributed by atoms with Gasteiger partial charge in [0.2, 0.25) is 0 Å². The van der Waals surface area contributed by atoms with Gasteiger partial charge in [0.25, 0.3) is 0 Å². The van der Waals surface area contributed by atoms with Crippen LogP contribution in [0.4, 0.5) is 10.5 Å². The number of methoxy groups -OCH3 is 1. The summed E-state index contributed by atoms with van der Waals surface area (Å²) in [4.78, 5) is 11.8. The number of halogens is 3. The molecule has 0 aliphatic rings. The van der Waals surface area contributed by atoms with Crippen molar-refractivity contribution in [1.29, 1.82) is 0 Å². The smallest absolute Gasteiger partial charge is 0.339 e. The highest BCUT2D eigenvalue weighted by Gasteiger charge is 2.07. The van der Waals surface area contributed by atoms with Crippen molar-refractivity contribution in [2.24, 2.45) is 5.10 Å². The number of hydrogen-bond donors (Lipinski definition) is 2. The van der Waals surface area contributed by atoms with E-state index in [2.05, 4.69) is 31.8 Å². The molecule has 0 atom stereocenters. The Morgan fingerprint density at radius 2 is 1.92 bits per heavy atom. The topological polar surface area (TPSA) is 62.7 Å². The molecular weight excluding hydrogens is 417 g/mol. The van der Waals surface area contributed by atoms with Crippen LogP contribution in [0.1, 0.15) is 11.1 Å². The first-order valence-electron chi connectivity index (χ1n) is 6.80. The number of aryl methyl sites for hydroxylation is 1. The fourth-order valence-corrected chi connectivity index (χ4v) is 2.80. The zero-order chi connectivity index (χ0) is 17.7. The van der Waals surface area contributed by atoms with Crippen molar-refractivity contribution in [3.05, 3.63) is 56.0 Å². The van der Waals surface area contributed by atoms with Crippen LogP contribution in [-0.2, 0) is 0 Å². The molecule has 0 fully saturated rings. The minimum atomic E-state index is -0.460. The number of urea groups is 1. The standard InChI is InChI=1S/C16H14BrCl2N3O2/c1-9-5-11(3-4-12(9)17)21-16(23)22-20-8-10-6-13(18)15(24-2)14(19)7-10/h3-8H,1-2H3,(H2,21,22,23)/b20-8+. The molecule has 24 heavy (non-hydrogen) atoms. The number of carbonyl (C=O) groups excluding carboxylic acids is 1. The number of nitrogens with zero attached hydrogens (tertiary/aromatic N) is 1. The highest BCUT2D eigenvalue weighted by molar-refractivity contribution is 9.10. The van der Waals surface area contributed by atoms with Gasteiger partial charge in [-0.3, -0.25) is 0 Å². The van der Waals surface area contributed by atoms with Crippen molar-refractivity contribution in [3.8, 4) is 5.75 Å². The van der Waals surface area contributed by atoms with Gasteiger partial charge in [0.1, 0.15) is 0 Å². The Hall–Kier alpha value is -1.76. The molecular formula is C16H14BrCl2N3O2. The molecule has 0 saturated carbocycles. The van der Waals surface area contributed by atoms with Crippen LogP contribution in [-0.4, -0.2) is 19.4 Å². The molecule has 0 aliphatic heterocycles. The monoisotopic (exact) mass is 429 g/mol. The van der Waals surface area contributed by atoms with Gasteiger partial charge in [-0.05, 0) is 48.4 Å². The SMILES string of the molecule is COc1c(Cl)cc(/C=N/NC(=O)Nc2ccc(Br)c(C)c2)cc1Cl. The Balaban J connectivity index is 1.98. The predicted molar refractivity (Wildman–Crippen MR) is 102 cm³/mol. The largest absolute Gasteiger partial charge is 0.494 e. The molecule has 0 bridgehead atoms. The minimum absolute atomic E-state index is 0.362. The van der Waals surface area contributed by atoms with Crippen LogP contribution in [0.3, 0.4) is 0 Å². The van der Waals surface area contributed by atoms with Crippen molar-refractivity contribution in [3.63, 3.8) is 0 Å². The fraction of sp³-hybridized carbons (Fsp3) is 0.125. The van der Waals surface area contributed by atoms with E-state index in [-0.39, 0.29) is 0 Å². The molecule has 0 saturated heterocycles. The number of benzene rings is 2. The van der Waals surface area contributed by atoms with E-state index in [0.717, 1.165) is 10.0 Å². The van der Waals surface area contributed by atoms with E-state index in [1.54, 1.807) is 18.2 Å². The predicted octanol–water partition coefficient (Wildman–Crippen LogP) is 5.23. The molecule has 0 aliphatic carbocycles. The number of ether oxygens (including phenoxy) is 1. The van der Waals surface area contributed by atoms with Gasteiger partial charge in [-0.15, -0.1) is 0 Å². The van der Waals surface area contributed by atoms with Gasteiger partial charge in [-0.2, -0.15) is 5.10 Å². The lowest BCUT2D eigenvalue weighted by molar-refractivity contribution is 0.252. The van der Waals surface area contributed by atoms with E-state index in [4.69, 9.17) is 27.9 Å². The van der Waals surface area contributed by atoms with Crippen molar-refractivity contribution in [2.75, 3.05) is 12.4 Å². The van der Waals surface area contributed by atoms with Crippen LogP contribution in [0.2, 0.25) is 10.0 Å². The third kappa shape index (κ3) is 4.87. The van der Waals surface area contributed by atoms with Crippen LogP contribution in [0.5, 0.6) is 5.75 Å². The van der Waals surface area contributed by atoms with Crippen LogP contribution in [0.25, 0.3) is 0 Å². The van der Waals surface area contributed by atoms with Crippen molar-refractivity contribution >= 4 is 57.1 Å². The Labute approximate surface area is 158 Å². The summed E-state index contributed by atoms with van der Waals surface area (Å²) in [5.74, 6) is 0.395. The summed E-state index contributed by atoms with van der Waals surface area (Å²) in [5.41, 5.74) is 4.68. The lowest BCUT2D eigenvalue weighted by Gasteiger charge is -2.07. The minimum Gasteiger partial charge on any atom is -0.494 e. The second-order valence-corrected chi connectivity index (χ2v) is 6.47. The summed E-state index contributed by atoms with van der Waals surface area (Å²) in [6.45, 7) is 1.93. The summed E-state index contributed by atoms with van der Waals surface area (Å²) < 4.78 is 6.04. The summed E-state index contributed by atoms with van der Waals surface area (Å²) in [7, 11) is 1.48. The highest BCUT2D eigenvalue weighted by atomic mass is 79.9. The number of hydrogen-bond acceptors (Lipinski definition) is 3. The van der Waals surface area contributed by atoms with Crippen molar-refractivity contribution < 1.29 is 9.53 Å². The van der Waals surface area contributed by atoms with E-state index in [1.807, 2.05) is 19.1 Å². The van der Waals surface area contributed by atoms with E-state index in [0.29, 0.717) is 27.0 Å². The Morgan fingerprint density at radius 1 is 1.25 bits per heavy atom. The molecule has 2 amide bonds. The lowest BCUT2D eigenvalue weighted by atomic mass is 10.2. The average Bonchev–Trinajstić information content (AvgIpc) is 2.51. The normalized spacial score (nSPS) is 10.7. The number of nitrogens with one attached hydrogen (secondary N) is 2. The number of rotatable bonds is 4. The fourth-order valence-electron chi connectivity index (χ4n) is 1.90. The van der Waals surface area contributed by atoms with E-state index < -0.39 is 6.03 Å². The number of carbonyl (C=O) groups is 1. The van der Waals surface area contributed by atoms with Gasteiger partial charge in [0.15, 0.2) is 5.75 Å². The first kappa shape index (κ1) is 18.6. The summed E-state index contributed by atoms with van der Waals surface area (Å²) in [6.07, 6.45) is 1.43. The number of amides is 2. The summed E-state index contributed by atoms with van der Waals surface area (Å²) in [6, 6.07) is 8.29. The third-order valence-corrected chi connectivity index (χ3v) is 4.47. The highest BCUT2D eigenvalue weighted by Crippen LogP contribution is 2.33. The van der Waals surface area contributed by atoms with E-state index in [9.17, 15) is 4.79 Å². The summed E-state index contributed by atoms with van der Waals surface area (Å²) >= 11 is 15.5. The lowest BCUT2D eigenvalue weighted by Crippen LogP contribution is -2.24. The molecule has 0 aromatic heterocycles. The molecule has 0 radical (unpaired) electrons. The molecule has 0 unspecified atom stereocenters. The zero-order valence-electron chi connectivity index (χ0n) is 12.9. The third-order valence-electron chi connectivity index (χ3n) is 3.02. The second kappa shape index (κ2) is 8.37. The molecule has 2 aromatic carbocycles. The quantitative estimate of drug-likeness (QED) is 0.515. The van der Waals surface area contributed by atoms with Crippen LogP contribution >= 0.6 is 39.1 Å². The molecule has 8 heteroatoms. The molecule has 2 rings (SSSR count). The van der Waals surface area contributed by atoms with Gasteiger partial charge in [-0.25, -0.2) is 10.2 Å². The summed E-state index contributed by atoms with van der Waals surface area (Å²) in [5, 5.41) is 7.27. The first-order chi connectivity index (χ1) is 11.4. The first-order valence-corrected chi connectivity index (χ1v) is 8.35. The molecule has 2 aromatic rings. The molecule has 126 valence electrons. The van der Waals surface area contributed by atoms with E-state index in [1.165, 1.54) is 13.3 Å². The van der Waals surface area contributed by atoms with Crippen LogP contribution in [0, 0.1) is 6.92 Å². The van der Waals surface area contributed by atoms with Crippen molar-refractivity contribution in [1.82, 2.24) is 5.43 Å². The number of hydrazone groups is 1. The maximum absolute atomic E-state index is 11.8. The second-order valence-electron chi connectivity index (χ2n) is 4.81.